The number of nitrogens with zero attached hydrogens (tertiary/aromatic N) is 2. The molecule has 0 bridgehead atoms. The maximum atomic E-state index is 12.3. The number of nitrogens with one attached hydrogen (secondary N) is 2. The van der Waals surface area contributed by atoms with Gasteiger partial charge in [-0.2, -0.15) is 0 Å². The van der Waals surface area contributed by atoms with Gasteiger partial charge in [0.15, 0.2) is 5.13 Å². The van der Waals surface area contributed by atoms with Gasteiger partial charge in [-0.25, -0.2) is 4.98 Å². The Morgan fingerprint density at radius 3 is 2.60 bits per heavy atom. The number of carbonyl (C=O) groups excluding carboxylic acids is 2. The first-order valence-corrected chi connectivity index (χ1v) is 8.56. The fourth-order valence-corrected chi connectivity index (χ4v) is 3.40. The number of rotatable bonds is 3. The highest BCUT2D eigenvalue weighted by molar-refractivity contribution is 7.17. The van der Waals surface area contributed by atoms with Gasteiger partial charge in [0.05, 0.1) is 24.5 Å². The van der Waals surface area contributed by atoms with Crippen LogP contribution in [0.15, 0.2) is 24.3 Å². The maximum absolute atomic E-state index is 12.3. The van der Waals surface area contributed by atoms with Crippen LogP contribution in [0.2, 0.25) is 0 Å². The Balaban J connectivity index is 1.64. The number of benzene rings is 1. The van der Waals surface area contributed by atoms with E-state index >= 15 is 0 Å². The van der Waals surface area contributed by atoms with Crippen LogP contribution in [0.1, 0.15) is 25.7 Å². The highest BCUT2D eigenvalue weighted by Gasteiger charge is 2.21. The molecule has 1 aliphatic heterocycles. The van der Waals surface area contributed by atoms with Gasteiger partial charge in [-0.15, -0.1) is 0 Å². The van der Waals surface area contributed by atoms with Crippen molar-refractivity contribution in [1.29, 1.82) is 0 Å². The van der Waals surface area contributed by atoms with Crippen molar-refractivity contribution in [3.05, 3.63) is 40.4 Å². The summed E-state index contributed by atoms with van der Waals surface area (Å²) in [5.74, 6) is -1.20. The predicted molar refractivity (Wildman–Crippen MR) is 92.9 cm³/mol. The molecule has 0 aliphatic carbocycles. The van der Waals surface area contributed by atoms with Crippen LogP contribution < -0.4 is 15.8 Å². The van der Waals surface area contributed by atoms with Gasteiger partial charge in [-0.3, -0.25) is 20.4 Å². The average Bonchev–Trinajstić information content (AvgIpc) is 3.02. The lowest BCUT2D eigenvalue weighted by atomic mass is 10.2. The second-order valence-corrected chi connectivity index (χ2v) is 6.41. The molecule has 8 nitrogen and oxygen atoms in total. The number of aromatic nitrogens is 1. The molecule has 0 radical (unpaired) electrons. The number of aryl methyl sites for hydroxylation is 1. The molecular formula is C16H18N4O4S. The first kappa shape index (κ1) is 17.2. The smallest absolute Gasteiger partial charge is 0.281 e. The predicted octanol–water partition coefficient (Wildman–Crippen LogP) is 1.07. The summed E-state index contributed by atoms with van der Waals surface area (Å²) in [6.07, 6.45) is 0. The van der Waals surface area contributed by atoms with Gasteiger partial charge >= 0.3 is 0 Å². The molecule has 3 rings (SSSR count). The fraction of sp³-hybridized carbons (Fsp3) is 0.312. The lowest BCUT2D eigenvalue weighted by molar-refractivity contribution is 0.0846. The third-order valence-electron chi connectivity index (χ3n) is 3.71. The Hall–Kier alpha value is -2.65. The van der Waals surface area contributed by atoms with Crippen LogP contribution in [0.4, 0.5) is 5.13 Å². The molecule has 2 amide bonds. The summed E-state index contributed by atoms with van der Waals surface area (Å²) in [7, 11) is 0. The van der Waals surface area contributed by atoms with E-state index < -0.39 is 11.8 Å². The summed E-state index contributed by atoms with van der Waals surface area (Å²) >= 11 is 1.27. The van der Waals surface area contributed by atoms with Gasteiger partial charge in [0, 0.05) is 13.1 Å². The van der Waals surface area contributed by atoms with Crippen LogP contribution >= 0.6 is 11.3 Å². The van der Waals surface area contributed by atoms with E-state index in [1.54, 1.807) is 19.1 Å². The van der Waals surface area contributed by atoms with Gasteiger partial charge in [0.25, 0.3) is 11.8 Å². The number of phenols is 1. The molecular weight excluding hydrogens is 344 g/mol. The van der Waals surface area contributed by atoms with E-state index in [0.29, 0.717) is 23.8 Å². The van der Waals surface area contributed by atoms with Gasteiger partial charge in [0.1, 0.15) is 10.6 Å². The number of ether oxygens (including phenoxy) is 1. The Bertz CT molecular complexity index is 786. The Kier molecular flexibility index (Phi) is 5.15. The molecule has 2 heterocycles. The molecule has 1 aromatic carbocycles. The lowest BCUT2D eigenvalue weighted by Crippen LogP contribution is -2.41. The number of hydrogen-bond donors (Lipinski definition) is 3. The molecule has 0 unspecified atom stereocenters. The van der Waals surface area contributed by atoms with E-state index in [-0.39, 0.29) is 11.3 Å². The van der Waals surface area contributed by atoms with Gasteiger partial charge < -0.3 is 14.7 Å². The monoisotopic (exact) mass is 362 g/mol. The maximum Gasteiger partial charge on any atom is 0.281 e. The largest absolute Gasteiger partial charge is 0.507 e. The molecule has 25 heavy (non-hydrogen) atoms. The van der Waals surface area contributed by atoms with E-state index in [1.165, 1.54) is 23.5 Å². The molecule has 1 aliphatic rings. The van der Waals surface area contributed by atoms with E-state index in [1.807, 2.05) is 0 Å². The Morgan fingerprint density at radius 2 is 1.88 bits per heavy atom. The molecule has 132 valence electrons. The first-order valence-electron chi connectivity index (χ1n) is 7.75. The Morgan fingerprint density at radius 1 is 1.20 bits per heavy atom. The number of hydrazine groups is 1. The van der Waals surface area contributed by atoms with Gasteiger partial charge in [-0.05, 0) is 19.1 Å². The lowest BCUT2D eigenvalue weighted by Gasteiger charge is -2.25. The molecule has 1 saturated heterocycles. The molecule has 9 heteroatoms. The van der Waals surface area contributed by atoms with Crippen molar-refractivity contribution in [2.24, 2.45) is 0 Å². The highest BCUT2D eigenvalue weighted by atomic mass is 32.1. The van der Waals surface area contributed by atoms with Crippen molar-refractivity contribution in [3.8, 4) is 5.75 Å². The minimum Gasteiger partial charge on any atom is -0.507 e. The number of phenolic OH excluding ortho intramolecular Hbond substituents is 1. The number of amides is 2. The van der Waals surface area contributed by atoms with E-state index in [4.69, 9.17) is 4.74 Å². The summed E-state index contributed by atoms with van der Waals surface area (Å²) in [5.41, 5.74) is 5.34. The van der Waals surface area contributed by atoms with Crippen LogP contribution in [0.3, 0.4) is 0 Å². The number of carbonyl (C=O) groups is 2. The normalized spacial score (nSPS) is 14.2. The van der Waals surface area contributed by atoms with E-state index in [2.05, 4.69) is 20.7 Å². The summed E-state index contributed by atoms with van der Waals surface area (Å²) < 4.78 is 5.31. The van der Waals surface area contributed by atoms with Gasteiger partial charge in [-0.1, -0.05) is 23.5 Å². The zero-order chi connectivity index (χ0) is 17.8. The fourth-order valence-electron chi connectivity index (χ4n) is 2.39. The van der Waals surface area contributed by atoms with E-state index in [0.717, 1.165) is 18.2 Å². The first-order chi connectivity index (χ1) is 12.1. The van der Waals surface area contributed by atoms with E-state index in [9.17, 15) is 14.7 Å². The quantitative estimate of drug-likeness (QED) is 0.706. The Labute approximate surface area is 148 Å². The minimum atomic E-state index is -0.595. The molecule has 2 aromatic rings. The van der Waals surface area contributed by atoms with Crippen molar-refractivity contribution in [2.45, 2.75) is 6.92 Å². The second kappa shape index (κ2) is 7.49. The zero-order valence-electron chi connectivity index (χ0n) is 13.6. The third kappa shape index (κ3) is 3.89. The standard InChI is InChI=1S/C16H18N4O4S/c1-10-13(25-16(17-10)20-6-8-24-9-7-20)15(23)19-18-14(22)11-4-2-3-5-12(11)21/h2-5,21H,6-9H2,1H3,(H,18,22)(H,19,23). The number of anilines is 1. The minimum absolute atomic E-state index is 0.0813. The summed E-state index contributed by atoms with van der Waals surface area (Å²) in [4.78, 5) is 31.3. The summed E-state index contributed by atoms with van der Waals surface area (Å²) in [5, 5.41) is 10.4. The molecule has 1 aromatic heterocycles. The third-order valence-corrected chi connectivity index (χ3v) is 4.93. The van der Waals surface area contributed by atoms with Crippen molar-refractivity contribution < 1.29 is 19.4 Å². The number of para-hydroxylation sites is 1. The van der Waals surface area contributed by atoms with Crippen molar-refractivity contribution in [2.75, 3.05) is 31.2 Å². The van der Waals surface area contributed by atoms with Crippen molar-refractivity contribution in [1.82, 2.24) is 15.8 Å². The number of hydrogen-bond acceptors (Lipinski definition) is 7. The molecule has 3 N–H and O–H groups in total. The van der Waals surface area contributed by atoms with Gasteiger partial charge in [0.2, 0.25) is 0 Å². The van der Waals surface area contributed by atoms with Crippen LogP contribution in [-0.4, -0.2) is 48.2 Å². The molecule has 1 fully saturated rings. The van der Waals surface area contributed by atoms with Crippen LogP contribution in [0.5, 0.6) is 5.75 Å². The summed E-state index contributed by atoms with van der Waals surface area (Å²) in [6.45, 7) is 4.49. The number of thiazole rings is 1. The summed E-state index contributed by atoms with van der Waals surface area (Å²) in [6, 6.07) is 6.10. The second-order valence-electron chi connectivity index (χ2n) is 5.44. The van der Waals surface area contributed by atoms with Crippen molar-refractivity contribution >= 4 is 28.3 Å². The van der Waals surface area contributed by atoms with Crippen LogP contribution in [0, 0.1) is 6.92 Å². The van der Waals surface area contributed by atoms with Crippen LogP contribution in [-0.2, 0) is 4.74 Å². The number of aromatic hydroxyl groups is 1. The topological polar surface area (TPSA) is 104 Å². The molecule has 0 spiro atoms. The SMILES string of the molecule is Cc1nc(N2CCOCC2)sc1C(=O)NNC(=O)c1ccccc1O. The average molecular weight is 362 g/mol. The molecule has 0 atom stereocenters. The zero-order valence-corrected chi connectivity index (χ0v) is 14.4. The highest BCUT2D eigenvalue weighted by Crippen LogP contribution is 2.26. The van der Waals surface area contributed by atoms with Crippen molar-refractivity contribution in [3.63, 3.8) is 0 Å². The molecule has 0 saturated carbocycles. The number of morpholine rings is 1. The van der Waals surface area contributed by atoms with Crippen LogP contribution in [0.25, 0.3) is 0 Å².